The first-order chi connectivity index (χ1) is 3.43. The first-order valence-electron chi connectivity index (χ1n) is 2.66. The zero-order valence-corrected chi connectivity index (χ0v) is 5.32. The predicted molar refractivity (Wildman–Crippen MR) is 26.1 cm³/mol. The molecule has 3 heteroatoms. The maximum absolute atomic E-state index is 8.44. The van der Waals surface area contributed by atoms with E-state index in [4.69, 9.17) is 9.84 Å². The smallest absolute Gasteiger partial charge is 0.0806 e. The number of aliphatic hydroxyl groups excluding tert-OH is 1. The molecule has 0 bridgehead atoms. The van der Waals surface area contributed by atoms with Crippen LogP contribution in [0.5, 0.6) is 0 Å². The fraction of sp³-hybridized carbons (Fsp3) is 1.00. The minimum absolute atomic E-state index is 0. The normalized spacial score (nSPS) is 27.4. The van der Waals surface area contributed by atoms with E-state index < -0.39 is 0 Å². The van der Waals surface area contributed by atoms with Gasteiger partial charge in [0.2, 0.25) is 0 Å². The molecule has 0 unspecified atom stereocenters. The van der Waals surface area contributed by atoms with Gasteiger partial charge in [0, 0.05) is 44.3 Å². The van der Waals surface area contributed by atoms with E-state index in [2.05, 4.69) is 0 Å². The van der Waals surface area contributed by atoms with E-state index in [9.17, 15) is 0 Å². The van der Waals surface area contributed by atoms with Crippen molar-refractivity contribution in [2.45, 2.75) is 18.9 Å². The first kappa shape index (κ1) is 9.18. The maximum Gasteiger partial charge on any atom is 0.0806 e. The predicted octanol–water partition coefficient (Wildman–Crippen LogP) is 0.158. The zero-order valence-electron chi connectivity index (χ0n) is 4.61. The van der Waals surface area contributed by atoms with Crippen molar-refractivity contribution in [2.24, 2.45) is 0 Å². The second-order valence-corrected chi connectivity index (χ2v) is 1.82. The van der Waals surface area contributed by atoms with E-state index in [-0.39, 0.29) is 50.4 Å². The number of aliphatic hydroxyl groups is 1. The second-order valence-electron chi connectivity index (χ2n) is 1.82. The number of hydrogen-bond donors (Lipinski definition) is 1. The van der Waals surface area contributed by atoms with Crippen LogP contribution in [0, 0.1) is 37.7 Å². The summed E-state index contributed by atoms with van der Waals surface area (Å²) in [5.41, 5.74) is 0. The quantitative estimate of drug-likeness (QED) is 0.565. The maximum atomic E-state index is 8.44. The molecular weight excluding hydrogens is 132 g/mol. The summed E-state index contributed by atoms with van der Waals surface area (Å²) in [7, 11) is 0. The molecule has 1 heterocycles. The van der Waals surface area contributed by atoms with E-state index in [0.717, 1.165) is 19.4 Å². The molecule has 1 N–H and O–H groups in total. The molecule has 1 aliphatic rings. The van der Waals surface area contributed by atoms with Crippen LogP contribution < -0.4 is 0 Å². The Hall–Kier alpha value is 1.18. The van der Waals surface area contributed by atoms with Crippen molar-refractivity contribution >= 4 is 0 Å². The molecule has 1 fully saturated rings. The van der Waals surface area contributed by atoms with Gasteiger partial charge in [-0.25, -0.2) is 0 Å². The Morgan fingerprint density at radius 2 is 2.38 bits per heavy atom. The minimum Gasteiger partial charge on any atom is -0.394 e. The summed E-state index contributed by atoms with van der Waals surface area (Å²) in [6, 6.07) is 0. The largest absolute Gasteiger partial charge is 0.394 e. The van der Waals surface area contributed by atoms with Crippen molar-refractivity contribution in [1.29, 1.82) is 0 Å². The Labute approximate surface area is 79.2 Å². The van der Waals surface area contributed by atoms with E-state index in [1.807, 2.05) is 0 Å². The molecule has 1 saturated heterocycles. The third kappa shape index (κ3) is 2.65. The van der Waals surface area contributed by atoms with Gasteiger partial charge in [0.1, 0.15) is 0 Å². The Kier molecular flexibility index (Phi) is 5.74. The molecule has 0 aromatic rings. The molecule has 0 aromatic heterocycles. The van der Waals surface area contributed by atoms with Gasteiger partial charge in [-0.1, -0.05) is 0 Å². The molecule has 50 valence electrons. The molecule has 1 atom stereocenters. The van der Waals surface area contributed by atoms with E-state index >= 15 is 0 Å². The molecule has 0 aliphatic carbocycles. The van der Waals surface area contributed by atoms with Crippen LogP contribution in [0.3, 0.4) is 0 Å². The molecular formula is C5H10ArO2. The third-order valence-corrected chi connectivity index (χ3v) is 1.23. The molecule has 0 radical (unpaired) electrons. The number of rotatable bonds is 1. The monoisotopic (exact) mass is 142 g/mol. The fourth-order valence-corrected chi connectivity index (χ4v) is 0.788. The third-order valence-electron chi connectivity index (χ3n) is 1.23. The summed E-state index contributed by atoms with van der Waals surface area (Å²) in [5.74, 6) is 0. The Bertz CT molecular complexity index is 52.4. The summed E-state index contributed by atoms with van der Waals surface area (Å²) in [6.45, 7) is 1.03. The summed E-state index contributed by atoms with van der Waals surface area (Å²) < 4.78 is 5.05. The van der Waals surface area contributed by atoms with Crippen molar-refractivity contribution < 1.29 is 47.6 Å². The standard InChI is InChI=1S/C5H10O2.Ar/c6-4-5-2-1-3-7-5;/h5-6H,1-4H2;/t5-;/m1./s1. The average Bonchev–Trinajstić information content (AvgIpc) is 2.14. The molecule has 1 rings (SSSR count). The second kappa shape index (κ2) is 5.00. The molecule has 0 spiro atoms. The van der Waals surface area contributed by atoms with Crippen LogP contribution in [-0.2, 0) is 4.74 Å². The minimum atomic E-state index is 0. The SMILES string of the molecule is OC[C@H]1CCCO1.[Ar]. The van der Waals surface area contributed by atoms with E-state index in [1.165, 1.54) is 0 Å². The Morgan fingerprint density at radius 3 is 2.62 bits per heavy atom. The van der Waals surface area contributed by atoms with Gasteiger partial charge in [0.05, 0.1) is 12.7 Å². The Balaban J connectivity index is 0.000000490. The number of ether oxygens (including phenoxy) is 1. The van der Waals surface area contributed by atoms with Crippen molar-refractivity contribution in [3.8, 4) is 0 Å². The summed E-state index contributed by atoms with van der Waals surface area (Å²) in [5, 5.41) is 8.44. The molecule has 1 aliphatic heterocycles. The average molecular weight is 142 g/mol. The summed E-state index contributed by atoms with van der Waals surface area (Å²) >= 11 is 0. The first-order valence-corrected chi connectivity index (χ1v) is 2.66. The van der Waals surface area contributed by atoms with Crippen molar-refractivity contribution in [1.82, 2.24) is 0 Å². The van der Waals surface area contributed by atoms with Gasteiger partial charge < -0.3 is 9.84 Å². The van der Waals surface area contributed by atoms with Gasteiger partial charge in [-0.05, 0) is 12.8 Å². The van der Waals surface area contributed by atoms with Crippen LogP contribution in [0.1, 0.15) is 12.8 Å². The van der Waals surface area contributed by atoms with Gasteiger partial charge in [0.15, 0.2) is 0 Å². The van der Waals surface area contributed by atoms with Crippen LogP contribution in [0.15, 0.2) is 0 Å². The zero-order chi connectivity index (χ0) is 5.11. The molecule has 0 saturated carbocycles. The Morgan fingerprint density at radius 1 is 1.62 bits per heavy atom. The van der Waals surface area contributed by atoms with Crippen LogP contribution >= 0.6 is 0 Å². The molecule has 2 nitrogen and oxygen atoms in total. The molecule has 0 amide bonds. The van der Waals surface area contributed by atoms with Crippen molar-refractivity contribution in [2.75, 3.05) is 13.2 Å². The van der Waals surface area contributed by atoms with Gasteiger partial charge >= 0.3 is 0 Å². The number of hydrogen-bond acceptors (Lipinski definition) is 2. The molecule has 8 heavy (non-hydrogen) atoms. The van der Waals surface area contributed by atoms with Crippen LogP contribution in [0.25, 0.3) is 0 Å². The van der Waals surface area contributed by atoms with Crippen LogP contribution in [-0.4, -0.2) is 24.4 Å². The van der Waals surface area contributed by atoms with Gasteiger partial charge in [-0.15, -0.1) is 0 Å². The summed E-state index contributed by atoms with van der Waals surface area (Å²) in [6.07, 6.45) is 2.31. The van der Waals surface area contributed by atoms with Gasteiger partial charge in [-0.2, -0.15) is 0 Å². The molecule has 0 aromatic carbocycles. The van der Waals surface area contributed by atoms with Gasteiger partial charge in [0.25, 0.3) is 0 Å². The van der Waals surface area contributed by atoms with Crippen molar-refractivity contribution in [3.05, 3.63) is 0 Å². The van der Waals surface area contributed by atoms with Crippen LogP contribution in [0.2, 0.25) is 0 Å². The topological polar surface area (TPSA) is 29.5 Å². The van der Waals surface area contributed by atoms with Crippen LogP contribution in [0.4, 0.5) is 0 Å². The van der Waals surface area contributed by atoms with E-state index in [1.54, 1.807) is 0 Å². The van der Waals surface area contributed by atoms with Gasteiger partial charge in [-0.3, -0.25) is 0 Å². The fourth-order valence-electron chi connectivity index (χ4n) is 0.788. The summed E-state index contributed by atoms with van der Waals surface area (Å²) in [4.78, 5) is 0. The van der Waals surface area contributed by atoms with Crippen molar-refractivity contribution in [3.63, 3.8) is 0 Å². The van der Waals surface area contributed by atoms with E-state index in [0.29, 0.717) is 0 Å².